The van der Waals surface area contributed by atoms with Gasteiger partial charge in [0, 0.05) is 0 Å². The normalized spacial score (nSPS) is 12.2. The van der Waals surface area contributed by atoms with Crippen molar-refractivity contribution in [1.29, 1.82) is 0 Å². The third kappa shape index (κ3) is 10.3. The molecule has 118 valence electrons. The Morgan fingerprint density at radius 1 is 1.00 bits per heavy atom. The lowest BCUT2D eigenvalue weighted by Gasteiger charge is -2.42. The van der Waals surface area contributed by atoms with Gasteiger partial charge in [0.25, 0.3) is 0 Å². The SMILES string of the molecule is CCC[N+](CCC)(CCC)C(C)C.COS(=O)(=O)[O-]. The maximum absolute atomic E-state index is 9.22. The molecular weight excluding hydrogens is 266 g/mol. The van der Waals surface area contributed by atoms with Gasteiger partial charge >= 0.3 is 0 Å². The van der Waals surface area contributed by atoms with Gasteiger partial charge in [-0.15, -0.1) is 0 Å². The maximum Gasteiger partial charge on any atom is 0.217 e. The van der Waals surface area contributed by atoms with Crippen LogP contribution in [0.15, 0.2) is 0 Å². The van der Waals surface area contributed by atoms with Gasteiger partial charge in [-0.25, -0.2) is 8.42 Å². The predicted octanol–water partition coefficient (Wildman–Crippen LogP) is 2.53. The molecule has 0 aliphatic carbocycles. The van der Waals surface area contributed by atoms with Crippen LogP contribution in [0.2, 0.25) is 0 Å². The minimum absolute atomic E-state index is 0.792. The van der Waals surface area contributed by atoms with Crippen LogP contribution in [0.5, 0.6) is 0 Å². The molecule has 0 aromatic rings. The number of hydrogen-bond donors (Lipinski definition) is 0. The zero-order valence-electron chi connectivity index (χ0n) is 13.3. The van der Waals surface area contributed by atoms with Crippen LogP contribution in [0.3, 0.4) is 0 Å². The number of rotatable bonds is 8. The van der Waals surface area contributed by atoms with Gasteiger partial charge in [-0.2, -0.15) is 0 Å². The van der Waals surface area contributed by atoms with Crippen LogP contribution < -0.4 is 0 Å². The highest BCUT2D eigenvalue weighted by molar-refractivity contribution is 7.80. The summed E-state index contributed by atoms with van der Waals surface area (Å²) in [5.74, 6) is 0. The van der Waals surface area contributed by atoms with Crippen molar-refractivity contribution in [3.8, 4) is 0 Å². The van der Waals surface area contributed by atoms with E-state index in [-0.39, 0.29) is 0 Å². The quantitative estimate of drug-likeness (QED) is 0.392. The molecule has 5 nitrogen and oxygen atoms in total. The summed E-state index contributed by atoms with van der Waals surface area (Å²) >= 11 is 0. The van der Waals surface area contributed by atoms with E-state index in [1.165, 1.54) is 43.4 Å². The Kier molecular flexibility index (Phi) is 11.8. The average Bonchev–Trinajstić information content (AvgIpc) is 2.29. The van der Waals surface area contributed by atoms with Gasteiger partial charge in [-0.05, 0) is 33.1 Å². The van der Waals surface area contributed by atoms with E-state index in [2.05, 4.69) is 38.8 Å². The summed E-state index contributed by atoms with van der Waals surface area (Å²) in [5, 5.41) is 0. The molecule has 0 aromatic heterocycles. The Bertz CT molecular complexity index is 285. The van der Waals surface area contributed by atoms with E-state index < -0.39 is 10.4 Å². The van der Waals surface area contributed by atoms with Gasteiger partial charge in [0.05, 0.1) is 32.8 Å². The molecule has 0 amide bonds. The predicted molar refractivity (Wildman–Crippen MR) is 77.6 cm³/mol. The van der Waals surface area contributed by atoms with Crippen molar-refractivity contribution in [2.45, 2.75) is 59.9 Å². The fraction of sp³-hybridized carbons (Fsp3) is 1.00. The molecular formula is C13H31NO4S. The van der Waals surface area contributed by atoms with Gasteiger partial charge < -0.3 is 9.04 Å². The van der Waals surface area contributed by atoms with Crippen molar-refractivity contribution >= 4 is 10.4 Å². The Labute approximate surface area is 119 Å². The van der Waals surface area contributed by atoms with Crippen LogP contribution in [0.1, 0.15) is 53.9 Å². The lowest BCUT2D eigenvalue weighted by molar-refractivity contribution is -0.947. The third-order valence-electron chi connectivity index (χ3n) is 3.31. The fourth-order valence-electron chi connectivity index (χ4n) is 2.45. The fourth-order valence-corrected chi connectivity index (χ4v) is 2.45. The van der Waals surface area contributed by atoms with Crippen molar-refractivity contribution in [3.63, 3.8) is 0 Å². The summed E-state index contributed by atoms with van der Waals surface area (Å²) in [6.45, 7) is 15.8. The van der Waals surface area contributed by atoms with Crippen LogP contribution >= 0.6 is 0 Å². The van der Waals surface area contributed by atoms with E-state index in [0.717, 1.165) is 13.2 Å². The number of nitrogens with zero attached hydrogens (tertiary/aromatic N) is 1. The molecule has 0 unspecified atom stereocenters. The van der Waals surface area contributed by atoms with Gasteiger partial charge in [-0.3, -0.25) is 4.18 Å². The first kappa shape index (κ1) is 21.1. The first-order chi connectivity index (χ1) is 8.69. The van der Waals surface area contributed by atoms with E-state index >= 15 is 0 Å². The minimum atomic E-state index is -4.41. The molecule has 0 heterocycles. The lowest BCUT2D eigenvalue weighted by atomic mass is 10.1. The first-order valence-electron chi connectivity index (χ1n) is 7.06. The summed E-state index contributed by atoms with van der Waals surface area (Å²) in [7, 11) is -3.60. The summed E-state index contributed by atoms with van der Waals surface area (Å²) in [6, 6.07) is 0.792. The van der Waals surface area contributed by atoms with E-state index in [9.17, 15) is 13.0 Å². The molecule has 0 aliphatic heterocycles. The third-order valence-corrected chi connectivity index (χ3v) is 3.71. The highest BCUT2D eigenvalue weighted by Gasteiger charge is 2.27. The van der Waals surface area contributed by atoms with Gasteiger partial charge in [0.1, 0.15) is 0 Å². The molecule has 0 atom stereocenters. The highest BCUT2D eigenvalue weighted by Crippen LogP contribution is 2.16. The smallest absolute Gasteiger partial charge is 0.217 e. The van der Waals surface area contributed by atoms with Crippen LogP contribution in [0, 0.1) is 0 Å². The standard InChI is InChI=1S/C12H28N.CH4O4S/c1-6-9-13(10-7-2,11-8-3)12(4)5;1-5-6(2,3)4/h12H,6-11H2,1-5H3;1H3,(H,2,3,4)/q+1;/p-1. The molecule has 0 spiro atoms. The van der Waals surface area contributed by atoms with Crippen LogP contribution in [0.25, 0.3) is 0 Å². The topological polar surface area (TPSA) is 66.4 Å². The van der Waals surface area contributed by atoms with Gasteiger partial charge in [-0.1, -0.05) is 20.8 Å². The largest absolute Gasteiger partial charge is 0.726 e. The molecule has 6 heteroatoms. The Morgan fingerprint density at radius 3 is 1.37 bits per heavy atom. The lowest BCUT2D eigenvalue weighted by Crippen LogP contribution is -2.54. The molecule has 0 aliphatic rings. The summed E-state index contributed by atoms with van der Waals surface area (Å²) in [5.41, 5.74) is 0. The summed E-state index contributed by atoms with van der Waals surface area (Å²) in [6.07, 6.45) is 3.95. The maximum atomic E-state index is 9.22. The van der Waals surface area contributed by atoms with Gasteiger partial charge in [0.15, 0.2) is 0 Å². The van der Waals surface area contributed by atoms with E-state index in [4.69, 9.17) is 0 Å². The monoisotopic (exact) mass is 297 g/mol. The van der Waals surface area contributed by atoms with Gasteiger partial charge in [0.2, 0.25) is 10.4 Å². The summed E-state index contributed by atoms with van der Waals surface area (Å²) in [4.78, 5) is 0. The Balaban J connectivity index is 0. The molecule has 0 aromatic carbocycles. The van der Waals surface area contributed by atoms with Crippen LogP contribution in [0.4, 0.5) is 0 Å². The second-order valence-corrected chi connectivity index (χ2v) is 6.21. The minimum Gasteiger partial charge on any atom is -0.726 e. The Hall–Kier alpha value is -0.170. The first-order valence-corrected chi connectivity index (χ1v) is 8.39. The second-order valence-electron chi connectivity index (χ2n) is 5.06. The van der Waals surface area contributed by atoms with Crippen molar-refractivity contribution in [2.24, 2.45) is 0 Å². The second kappa shape index (κ2) is 10.6. The van der Waals surface area contributed by atoms with Crippen LogP contribution in [-0.4, -0.2) is 50.2 Å². The Morgan fingerprint density at radius 2 is 1.26 bits per heavy atom. The number of quaternary nitrogens is 1. The van der Waals surface area contributed by atoms with Crippen molar-refractivity contribution in [1.82, 2.24) is 0 Å². The van der Waals surface area contributed by atoms with Crippen molar-refractivity contribution in [3.05, 3.63) is 0 Å². The van der Waals surface area contributed by atoms with E-state index in [1.807, 2.05) is 0 Å². The number of hydrogen-bond acceptors (Lipinski definition) is 4. The van der Waals surface area contributed by atoms with E-state index in [0.29, 0.717) is 0 Å². The van der Waals surface area contributed by atoms with Crippen molar-refractivity contribution in [2.75, 3.05) is 26.7 Å². The highest BCUT2D eigenvalue weighted by atomic mass is 32.3. The molecule has 0 N–H and O–H groups in total. The molecule has 0 rings (SSSR count). The zero-order chi connectivity index (χ0) is 15.5. The molecule has 0 saturated carbocycles. The molecule has 0 bridgehead atoms. The summed E-state index contributed by atoms with van der Waals surface area (Å²) < 4.78 is 32.4. The van der Waals surface area contributed by atoms with Crippen molar-refractivity contribution < 1.29 is 21.6 Å². The molecule has 0 radical (unpaired) electrons. The zero-order valence-corrected chi connectivity index (χ0v) is 14.1. The molecule has 19 heavy (non-hydrogen) atoms. The molecule has 0 saturated heterocycles. The average molecular weight is 297 g/mol. The van der Waals surface area contributed by atoms with Crippen LogP contribution in [-0.2, 0) is 14.6 Å². The molecule has 0 fully saturated rings. The van der Waals surface area contributed by atoms with E-state index in [1.54, 1.807) is 0 Å².